The van der Waals surface area contributed by atoms with Crippen molar-refractivity contribution in [3.05, 3.63) is 49.2 Å². The molecule has 1 nitrogen and oxygen atoms in total. The van der Waals surface area contributed by atoms with Crippen LogP contribution in [0.25, 0.3) is 0 Å². The maximum absolute atomic E-state index is 4.03. The molecule has 0 rings (SSSR count). The van der Waals surface area contributed by atoms with E-state index in [0.29, 0.717) is 12.0 Å². The maximum Gasteiger partial charge on any atom is 0.170 e. The first-order valence-electron chi connectivity index (χ1n) is 5.69. The van der Waals surface area contributed by atoms with Crippen molar-refractivity contribution in [3.63, 3.8) is 0 Å². The molecule has 0 aromatic rings. The van der Waals surface area contributed by atoms with Gasteiger partial charge in [-0.15, -0.1) is 0 Å². The van der Waals surface area contributed by atoms with Gasteiger partial charge in [-0.05, 0) is 25.5 Å². The monoisotopic (exact) mass is 218 g/mol. The zero-order valence-corrected chi connectivity index (χ0v) is 10.9. The lowest BCUT2D eigenvalue weighted by atomic mass is 9.89. The van der Waals surface area contributed by atoms with Gasteiger partial charge in [-0.25, -0.2) is 4.58 Å². The Hall–Kier alpha value is -1.37. The standard InChI is InChI=1S/C15H24N/c1-8-11-14(9-2)15(10-3)13(6)16(7)12(4)5/h8-9,11,13,15H,1-2,4,7,10H2,3,5-6H3/q+1/b14-11+/t13-,15-/m1/s1. The molecule has 0 aliphatic rings. The summed E-state index contributed by atoms with van der Waals surface area (Å²) < 4.78 is 1.97. The van der Waals surface area contributed by atoms with Crippen LogP contribution in [0.15, 0.2) is 49.2 Å². The molecule has 0 aliphatic carbocycles. The third kappa shape index (κ3) is 3.65. The van der Waals surface area contributed by atoms with E-state index in [9.17, 15) is 0 Å². The van der Waals surface area contributed by atoms with Crippen LogP contribution in [0.2, 0.25) is 0 Å². The molecule has 1 heteroatoms. The normalized spacial score (nSPS) is 15.1. The average Bonchev–Trinajstić information content (AvgIpc) is 2.27. The van der Waals surface area contributed by atoms with Gasteiger partial charge < -0.3 is 0 Å². The Bertz CT molecular complexity index is 320. The van der Waals surface area contributed by atoms with Crippen LogP contribution in [0.1, 0.15) is 27.2 Å². The summed E-state index contributed by atoms with van der Waals surface area (Å²) in [6.45, 7) is 21.9. The van der Waals surface area contributed by atoms with Crippen LogP contribution in [0.4, 0.5) is 0 Å². The van der Waals surface area contributed by atoms with E-state index in [0.717, 1.165) is 12.1 Å². The SMILES string of the molecule is C=C/C=C(\C=C)[C@H](CC)[C@@H](C)[N+](=C)C(=C)C. The van der Waals surface area contributed by atoms with E-state index in [1.54, 1.807) is 6.08 Å². The highest BCUT2D eigenvalue weighted by Gasteiger charge is 2.26. The van der Waals surface area contributed by atoms with Gasteiger partial charge in [0.15, 0.2) is 11.7 Å². The van der Waals surface area contributed by atoms with Gasteiger partial charge in [-0.3, -0.25) is 0 Å². The predicted octanol–water partition coefficient (Wildman–Crippen LogP) is 3.95. The number of nitrogens with zero attached hydrogens (tertiary/aromatic N) is 1. The fraction of sp³-hybridized carbons (Fsp3) is 0.400. The van der Waals surface area contributed by atoms with E-state index in [4.69, 9.17) is 0 Å². The molecule has 0 fully saturated rings. The minimum atomic E-state index is 0.312. The molecule has 0 spiro atoms. The highest BCUT2D eigenvalue weighted by Crippen LogP contribution is 2.23. The number of rotatable bonds is 7. The molecule has 16 heavy (non-hydrogen) atoms. The molecule has 2 atom stereocenters. The van der Waals surface area contributed by atoms with Crippen molar-refractivity contribution < 1.29 is 4.58 Å². The summed E-state index contributed by atoms with van der Waals surface area (Å²) in [5.74, 6) is 0.407. The molecule has 0 radical (unpaired) electrons. The Labute approximate surface area is 100 Å². The highest BCUT2D eigenvalue weighted by atomic mass is 15.0. The van der Waals surface area contributed by atoms with E-state index in [-0.39, 0.29) is 0 Å². The van der Waals surface area contributed by atoms with Crippen molar-refractivity contribution in [1.29, 1.82) is 0 Å². The second-order valence-electron chi connectivity index (χ2n) is 4.07. The summed E-state index contributed by atoms with van der Waals surface area (Å²) in [7, 11) is 0. The van der Waals surface area contributed by atoms with Gasteiger partial charge in [0, 0.05) is 12.8 Å². The van der Waals surface area contributed by atoms with Gasteiger partial charge >= 0.3 is 0 Å². The van der Waals surface area contributed by atoms with Crippen molar-refractivity contribution >= 4 is 6.72 Å². The van der Waals surface area contributed by atoms with Crippen molar-refractivity contribution in [1.82, 2.24) is 0 Å². The summed E-state index contributed by atoms with van der Waals surface area (Å²) >= 11 is 0. The molecule has 0 amide bonds. The third-order valence-corrected chi connectivity index (χ3v) is 2.98. The molecule has 0 saturated carbocycles. The van der Waals surface area contributed by atoms with Gasteiger partial charge in [-0.2, -0.15) is 0 Å². The number of hydrogen-bond acceptors (Lipinski definition) is 0. The van der Waals surface area contributed by atoms with Crippen molar-refractivity contribution in [2.45, 2.75) is 33.2 Å². The molecule has 0 saturated heterocycles. The fourth-order valence-electron chi connectivity index (χ4n) is 1.90. The summed E-state index contributed by atoms with van der Waals surface area (Å²) in [6.07, 6.45) is 6.77. The number of allylic oxidation sites excluding steroid dienone is 4. The molecule has 0 N–H and O–H groups in total. The van der Waals surface area contributed by atoms with Crippen LogP contribution in [0, 0.1) is 5.92 Å². The minimum Gasteiger partial charge on any atom is -0.207 e. The van der Waals surface area contributed by atoms with Gasteiger partial charge in [0.25, 0.3) is 0 Å². The first kappa shape index (κ1) is 14.6. The fourth-order valence-corrected chi connectivity index (χ4v) is 1.90. The first-order valence-corrected chi connectivity index (χ1v) is 5.69. The van der Waals surface area contributed by atoms with Crippen LogP contribution in [-0.2, 0) is 0 Å². The Morgan fingerprint density at radius 2 is 1.94 bits per heavy atom. The van der Waals surface area contributed by atoms with Gasteiger partial charge in [-0.1, -0.05) is 38.3 Å². The molecule has 0 aromatic carbocycles. The van der Waals surface area contributed by atoms with Crippen molar-refractivity contribution in [3.8, 4) is 0 Å². The molecule has 88 valence electrons. The van der Waals surface area contributed by atoms with Crippen LogP contribution in [0.3, 0.4) is 0 Å². The molecule has 0 heterocycles. The Kier molecular flexibility index (Phi) is 6.40. The molecular weight excluding hydrogens is 194 g/mol. The van der Waals surface area contributed by atoms with E-state index in [1.165, 1.54) is 5.57 Å². The lowest BCUT2D eigenvalue weighted by molar-refractivity contribution is -0.513. The van der Waals surface area contributed by atoms with Gasteiger partial charge in [0.2, 0.25) is 0 Å². The lowest BCUT2D eigenvalue weighted by Gasteiger charge is -2.21. The van der Waals surface area contributed by atoms with Crippen molar-refractivity contribution in [2.75, 3.05) is 0 Å². The third-order valence-electron chi connectivity index (χ3n) is 2.98. The highest BCUT2D eigenvalue weighted by molar-refractivity contribution is 5.25. The van der Waals surface area contributed by atoms with E-state index < -0.39 is 0 Å². The molecule has 0 aromatic heterocycles. The quantitative estimate of drug-likeness (QED) is 0.346. The summed E-state index contributed by atoms with van der Waals surface area (Å²) in [4.78, 5) is 0. The summed E-state index contributed by atoms with van der Waals surface area (Å²) in [5.41, 5.74) is 2.19. The Morgan fingerprint density at radius 3 is 2.25 bits per heavy atom. The van der Waals surface area contributed by atoms with Crippen molar-refractivity contribution in [2.24, 2.45) is 5.92 Å². The van der Waals surface area contributed by atoms with Crippen LogP contribution in [0.5, 0.6) is 0 Å². The maximum atomic E-state index is 4.03. The first-order chi connectivity index (χ1) is 7.49. The summed E-state index contributed by atoms with van der Waals surface area (Å²) in [6, 6.07) is 0.312. The Morgan fingerprint density at radius 1 is 1.38 bits per heavy atom. The van der Waals surface area contributed by atoms with E-state index in [2.05, 4.69) is 40.3 Å². The lowest BCUT2D eigenvalue weighted by Crippen LogP contribution is -2.29. The largest absolute Gasteiger partial charge is 0.207 e. The minimum absolute atomic E-state index is 0.312. The number of hydrogen-bond donors (Lipinski definition) is 0. The van der Waals surface area contributed by atoms with Gasteiger partial charge in [0.05, 0.1) is 0 Å². The molecular formula is C15H24N+. The van der Waals surface area contributed by atoms with Gasteiger partial charge in [0.1, 0.15) is 6.72 Å². The second kappa shape index (κ2) is 7.00. The van der Waals surface area contributed by atoms with Crippen LogP contribution >= 0.6 is 0 Å². The summed E-state index contributed by atoms with van der Waals surface area (Å²) in [5, 5.41) is 0. The second-order valence-corrected chi connectivity index (χ2v) is 4.07. The van der Waals surface area contributed by atoms with E-state index in [1.807, 2.05) is 23.7 Å². The van der Waals surface area contributed by atoms with E-state index >= 15 is 0 Å². The molecule has 0 aliphatic heterocycles. The molecule has 0 bridgehead atoms. The zero-order valence-electron chi connectivity index (χ0n) is 10.9. The smallest absolute Gasteiger partial charge is 0.170 e. The topological polar surface area (TPSA) is 3.01 Å². The zero-order chi connectivity index (χ0) is 12.7. The average molecular weight is 218 g/mol. The van der Waals surface area contributed by atoms with Crippen LogP contribution in [-0.4, -0.2) is 17.3 Å². The predicted molar refractivity (Wildman–Crippen MR) is 73.9 cm³/mol. The molecule has 0 unspecified atom stereocenters. The van der Waals surface area contributed by atoms with Crippen LogP contribution < -0.4 is 0 Å². The Balaban J connectivity index is 5.05.